The highest BCUT2D eigenvalue weighted by Crippen LogP contribution is 2.19. The first-order chi connectivity index (χ1) is 7.11. The molecule has 0 aromatic heterocycles. The van der Waals surface area contributed by atoms with E-state index in [1.807, 2.05) is 0 Å². The van der Waals surface area contributed by atoms with E-state index in [9.17, 15) is 0 Å². The molecule has 0 spiro atoms. The third kappa shape index (κ3) is 5.03. The van der Waals surface area contributed by atoms with Gasteiger partial charge in [-0.2, -0.15) is 0 Å². The summed E-state index contributed by atoms with van der Waals surface area (Å²) in [4.78, 5) is 0. The molecule has 2 atom stereocenters. The van der Waals surface area contributed by atoms with Crippen molar-refractivity contribution in [2.75, 3.05) is 0 Å². The monoisotopic (exact) mass is 288 g/mol. The molecular weight excluding hydrogens is 272 g/mol. The molecule has 84 valence electrons. The highest BCUT2D eigenvalue weighted by atomic mass is 79.9. The van der Waals surface area contributed by atoms with Crippen LogP contribution in [0.2, 0.25) is 0 Å². The van der Waals surface area contributed by atoms with Gasteiger partial charge >= 0.3 is 0 Å². The third-order valence-corrected chi connectivity index (χ3v) is 3.59. The van der Waals surface area contributed by atoms with Gasteiger partial charge in [-0.05, 0) is 36.5 Å². The summed E-state index contributed by atoms with van der Waals surface area (Å²) in [5, 5.41) is 0.265. The van der Waals surface area contributed by atoms with E-state index in [2.05, 4.69) is 54.0 Å². The van der Waals surface area contributed by atoms with Crippen molar-refractivity contribution >= 4 is 27.5 Å². The summed E-state index contributed by atoms with van der Waals surface area (Å²) in [7, 11) is 0. The molecule has 1 rings (SSSR count). The highest BCUT2D eigenvalue weighted by Gasteiger charge is 2.09. The van der Waals surface area contributed by atoms with Gasteiger partial charge < -0.3 is 0 Å². The predicted molar refractivity (Wildman–Crippen MR) is 71.6 cm³/mol. The lowest BCUT2D eigenvalue weighted by molar-refractivity contribution is 0.500. The summed E-state index contributed by atoms with van der Waals surface area (Å²) < 4.78 is 1.12. The number of hydrogen-bond acceptors (Lipinski definition) is 0. The molecule has 0 saturated carbocycles. The Bertz CT molecular complexity index is 281. The number of halogens is 2. The highest BCUT2D eigenvalue weighted by molar-refractivity contribution is 9.10. The molecular formula is C13H18BrCl. The Kier molecular flexibility index (Phi) is 5.70. The largest absolute Gasteiger partial charge is 0.123 e. The molecule has 0 radical (unpaired) electrons. The van der Waals surface area contributed by atoms with Gasteiger partial charge in [0.15, 0.2) is 0 Å². The fourth-order valence-corrected chi connectivity index (χ4v) is 2.31. The van der Waals surface area contributed by atoms with Crippen LogP contribution in [0.25, 0.3) is 0 Å². The first kappa shape index (κ1) is 13.1. The van der Waals surface area contributed by atoms with Crippen LogP contribution in [0.1, 0.15) is 32.3 Å². The normalized spacial score (nSPS) is 14.9. The molecule has 0 N–H and O–H groups in total. The van der Waals surface area contributed by atoms with E-state index in [1.54, 1.807) is 0 Å². The van der Waals surface area contributed by atoms with Gasteiger partial charge in [0.2, 0.25) is 0 Å². The molecule has 0 heterocycles. The molecule has 0 nitrogen and oxygen atoms in total. The van der Waals surface area contributed by atoms with Crippen molar-refractivity contribution in [2.24, 2.45) is 5.92 Å². The van der Waals surface area contributed by atoms with E-state index < -0.39 is 0 Å². The Morgan fingerprint density at radius 3 is 2.40 bits per heavy atom. The average molecular weight is 290 g/mol. The van der Waals surface area contributed by atoms with Crippen LogP contribution in [0.4, 0.5) is 0 Å². The van der Waals surface area contributed by atoms with E-state index in [4.69, 9.17) is 11.6 Å². The van der Waals surface area contributed by atoms with Gasteiger partial charge in [-0.1, -0.05) is 48.3 Å². The minimum Gasteiger partial charge on any atom is -0.123 e. The lowest BCUT2D eigenvalue weighted by atomic mass is 9.99. The first-order valence-electron chi connectivity index (χ1n) is 5.50. The zero-order valence-corrected chi connectivity index (χ0v) is 11.7. The van der Waals surface area contributed by atoms with Crippen LogP contribution in [-0.4, -0.2) is 5.38 Å². The molecule has 1 aromatic rings. The van der Waals surface area contributed by atoms with Gasteiger partial charge in [0.05, 0.1) is 0 Å². The van der Waals surface area contributed by atoms with Crippen molar-refractivity contribution in [1.82, 2.24) is 0 Å². The topological polar surface area (TPSA) is 0 Å². The Hall–Kier alpha value is -0.0100. The molecule has 0 saturated heterocycles. The van der Waals surface area contributed by atoms with E-state index >= 15 is 0 Å². The van der Waals surface area contributed by atoms with Gasteiger partial charge in [-0.25, -0.2) is 0 Å². The van der Waals surface area contributed by atoms with E-state index in [0.29, 0.717) is 0 Å². The van der Waals surface area contributed by atoms with Crippen molar-refractivity contribution in [3.63, 3.8) is 0 Å². The van der Waals surface area contributed by atoms with Gasteiger partial charge in [0.1, 0.15) is 0 Å². The summed E-state index contributed by atoms with van der Waals surface area (Å²) in [6.07, 6.45) is 3.29. The molecule has 0 aliphatic rings. The van der Waals surface area contributed by atoms with Crippen molar-refractivity contribution in [3.05, 3.63) is 34.3 Å². The summed E-state index contributed by atoms with van der Waals surface area (Å²) in [6, 6.07) is 8.41. The van der Waals surface area contributed by atoms with Crippen LogP contribution in [0.3, 0.4) is 0 Å². The number of hydrogen-bond donors (Lipinski definition) is 0. The fourth-order valence-electron chi connectivity index (χ4n) is 1.56. The second-order valence-electron chi connectivity index (χ2n) is 4.18. The fraction of sp³-hybridized carbons (Fsp3) is 0.538. The van der Waals surface area contributed by atoms with Crippen LogP contribution < -0.4 is 0 Å². The van der Waals surface area contributed by atoms with Crippen LogP contribution in [-0.2, 0) is 6.42 Å². The Morgan fingerprint density at radius 2 is 1.87 bits per heavy atom. The first-order valence-corrected chi connectivity index (χ1v) is 6.73. The maximum atomic E-state index is 6.32. The molecule has 0 fully saturated rings. The van der Waals surface area contributed by atoms with Gasteiger partial charge in [0, 0.05) is 9.85 Å². The number of alkyl halides is 1. The lowest BCUT2D eigenvalue weighted by Crippen LogP contribution is -2.08. The molecule has 15 heavy (non-hydrogen) atoms. The molecule has 0 aliphatic carbocycles. The van der Waals surface area contributed by atoms with E-state index in [0.717, 1.165) is 23.2 Å². The van der Waals surface area contributed by atoms with Crippen LogP contribution >= 0.6 is 27.5 Å². The summed E-state index contributed by atoms with van der Waals surface area (Å²) in [5.74, 6) is 0.725. The minimum absolute atomic E-state index is 0.265. The second-order valence-corrected chi connectivity index (χ2v) is 5.71. The predicted octanol–water partition coefficient (Wildman–Crippen LogP) is 5.04. The second kappa shape index (κ2) is 6.55. The number of rotatable bonds is 5. The van der Waals surface area contributed by atoms with Crippen LogP contribution in [0.5, 0.6) is 0 Å². The minimum atomic E-state index is 0.265. The third-order valence-electron chi connectivity index (χ3n) is 2.73. The van der Waals surface area contributed by atoms with Crippen molar-refractivity contribution in [1.29, 1.82) is 0 Å². The summed E-state index contributed by atoms with van der Waals surface area (Å²) in [5.41, 5.74) is 1.32. The molecule has 2 heteroatoms. The molecule has 0 bridgehead atoms. The SMILES string of the molecule is CCC(C)CC(Cl)Cc1ccc(Br)cc1. The number of benzene rings is 1. The maximum absolute atomic E-state index is 6.32. The zero-order valence-electron chi connectivity index (χ0n) is 9.34. The summed E-state index contributed by atoms with van der Waals surface area (Å²) >= 11 is 9.75. The standard InChI is InChI=1S/C13H18BrCl/c1-3-10(2)8-13(15)9-11-4-6-12(14)7-5-11/h4-7,10,13H,3,8-9H2,1-2H3. The Morgan fingerprint density at radius 1 is 1.27 bits per heavy atom. The van der Waals surface area contributed by atoms with E-state index in [1.165, 1.54) is 12.0 Å². The van der Waals surface area contributed by atoms with Gasteiger partial charge in [-0.3, -0.25) is 0 Å². The molecule has 2 unspecified atom stereocenters. The van der Waals surface area contributed by atoms with Crippen molar-refractivity contribution in [3.8, 4) is 0 Å². The Balaban J connectivity index is 2.44. The zero-order chi connectivity index (χ0) is 11.3. The maximum Gasteiger partial charge on any atom is 0.0378 e. The van der Waals surface area contributed by atoms with E-state index in [-0.39, 0.29) is 5.38 Å². The van der Waals surface area contributed by atoms with Gasteiger partial charge in [0.25, 0.3) is 0 Å². The quantitative estimate of drug-likeness (QED) is 0.667. The summed E-state index contributed by atoms with van der Waals surface area (Å²) in [6.45, 7) is 4.48. The molecule has 0 aliphatic heterocycles. The lowest BCUT2D eigenvalue weighted by Gasteiger charge is -2.14. The molecule has 1 aromatic carbocycles. The molecule has 0 amide bonds. The Labute approximate surface area is 106 Å². The van der Waals surface area contributed by atoms with Crippen LogP contribution in [0.15, 0.2) is 28.7 Å². The van der Waals surface area contributed by atoms with Crippen molar-refractivity contribution in [2.45, 2.75) is 38.5 Å². The van der Waals surface area contributed by atoms with Crippen molar-refractivity contribution < 1.29 is 0 Å². The average Bonchev–Trinajstić information content (AvgIpc) is 2.21. The van der Waals surface area contributed by atoms with Crippen LogP contribution in [0, 0.1) is 5.92 Å². The smallest absolute Gasteiger partial charge is 0.0378 e. The van der Waals surface area contributed by atoms with Gasteiger partial charge in [-0.15, -0.1) is 11.6 Å².